The molecule has 1 heterocycles. The number of rotatable bonds is 0. The summed E-state index contributed by atoms with van der Waals surface area (Å²) >= 11 is 1.10. The van der Waals surface area contributed by atoms with Crippen LogP contribution in [-0.2, 0) is 9.69 Å². The van der Waals surface area contributed by atoms with Crippen LogP contribution in [0.2, 0.25) is 6.32 Å². The van der Waals surface area contributed by atoms with Gasteiger partial charge in [-0.2, -0.15) is 0 Å². The molecule has 34 valence electrons. The van der Waals surface area contributed by atoms with Crippen LogP contribution in [0.1, 0.15) is 6.42 Å². The van der Waals surface area contributed by atoms with Gasteiger partial charge in [0.15, 0.2) is 0 Å². The molecule has 0 bridgehead atoms. The van der Waals surface area contributed by atoms with Gasteiger partial charge in [-0.1, -0.05) is 0 Å². The van der Waals surface area contributed by atoms with Crippen LogP contribution in [0.3, 0.4) is 0 Å². The monoisotopic (exact) mass is 108 g/mol. The van der Waals surface area contributed by atoms with Crippen LogP contribution < -0.4 is 0 Å². The van der Waals surface area contributed by atoms with Crippen molar-refractivity contribution in [3.05, 3.63) is 0 Å². The third-order valence-electron chi connectivity index (χ3n) is 1.07. The Hall–Kier alpha value is 0.985. The average molecular weight is 108 g/mol. The zero-order valence-electron chi connectivity index (χ0n) is 4.52. The van der Waals surface area contributed by atoms with Crippen molar-refractivity contribution in [1.82, 2.24) is 0 Å². The fourth-order valence-electron chi connectivity index (χ4n) is 0.642. The van der Waals surface area contributed by atoms with Crippen molar-refractivity contribution in [1.29, 1.82) is 0 Å². The van der Waals surface area contributed by atoms with E-state index >= 15 is 0 Å². The summed E-state index contributed by atoms with van der Waals surface area (Å²) in [5.41, 5.74) is 0. The molecule has 1 aliphatic rings. The summed E-state index contributed by atoms with van der Waals surface area (Å²) in [6.45, 7) is 0.790. The van der Waals surface area contributed by atoms with Crippen LogP contribution in [0.4, 0.5) is 0 Å². The van der Waals surface area contributed by atoms with E-state index in [0.29, 0.717) is 3.96 Å². The van der Waals surface area contributed by atoms with Gasteiger partial charge in [-0.3, -0.25) is 0 Å². The molecule has 1 aliphatic heterocycles. The Bertz CT molecular complexity index is 54.9. The van der Waals surface area contributed by atoms with Crippen molar-refractivity contribution in [3.8, 4) is 0 Å². The summed E-state index contributed by atoms with van der Waals surface area (Å²) in [6, 6.07) is 0. The van der Waals surface area contributed by atoms with E-state index in [9.17, 15) is 0 Å². The molecular formula is C3H6BNaO2. The van der Waals surface area contributed by atoms with Gasteiger partial charge in [0.1, 0.15) is 0 Å². The number of hydrogen-bond donors (Lipinski definition) is 0. The first-order valence-corrected chi connectivity index (χ1v) is 3.83. The molecule has 0 aromatic rings. The molecule has 0 unspecified atom stereocenters. The van der Waals surface area contributed by atoms with Gasteiger partial charge in [0.25, 0.3) is 0 Å². The van der Waals surface area contributed by atoms with Crippen LogP contribution in [0.5, 0.6) is 0 Å². The molecule has 1 fully saturated rings. The Balaban J connectivity index is 2.12. The van der Waals surface area contributed by atoms with Gasteiger partial charge in [0.2, 0.25) is 0 Å². The van der Waals surface area contributed by atoms with E-state index in [4.69, 9.17) is 9.69 Å². The van der Waals surface area contributed by atoms with E-state index in [1.54, 1.807) is 0 Å². The SMILES string of the molecule is [Na][B]1CCCOO1. The van der Waals surface area contributed by atoms with Crippen LogP contribution in [0.25, 0.3) is 0 Å². The van der Waals surface area contributed by atoms with E-state index in [0.717, 1.165) is 34.3 Å². The molecule has 1 saturated heterocycles. The summed E-state index contributed by atoms with van der Waals surface area (Å²) in [5.74, 6) is 0. The summed E-state index contributed by atoms with van der Waals surface area (Å²) in [4.78, 5) is 9.56. The predicted octanol–water partition coefficient (Wildman–Crippen LogP) is -0.00500. The van der Waals surface area contributed by atoms with Gasteiger partial charge in [0.05, 0.1) is 0 Å². The Morgan fingerprint density at radius 1 is 1.57 bits per heavy atom. The fraction of sp³-hybridized carbons (Fsp3) is 1.00. The van der Waals surface area contributed by atoms with E-state index < -0.39 is 0 Å². The molecule has 0 atom stereocenters. The Morgan fingerprint density at radius 3 is 2.71 bits per heavy atom. The van der Waals surface area contributed by atoms with E-state index in [1.165, 1.54) is 12.7 Å². The van der Waals surface area contributed by atoms with Crippen molar-refractivity contribution in [2.75, 3.05) is 6.61 Å². The minimum atomic E-state index is 0.453. The standard InChI is InChI=1S/C3H6BO2.Na/c1-2-4-6-5-3-1;/h1-3H2;/q+1;-1. The molecule has 4 heteroatoms. The maximum absolute atomic E-state index is 4.84. The molecule has 0 radical (unpaired) electrons. The van der Waals surface area contributed by atoms with Gasteiger partial charge < -0.3 is 0 Å². The predicted molar refractivity (Wildman–Crippen MR) is 28.0 cm³/mol. The topological polar surface area (TPSA) is 18.5 Å². The van der Waals surface area contributed by atoms with E-state index in [2.05, 4.69) is 0 Å². The molecule has 0 spiro atoms. The summed E-state index contributed by atoms with van der Waals surface area (Å²) < 4.78 is 0.453. The third kappa shape index (κ3) is 2.15. The normalized spacial score (nSPS) is 22.9. The van der Waals surface area contributed by atoms with Gasteiger partial charge in [-0.15, -0.1) is 0 Å². The second kappa shape index (κ2) is 3.10. The van der Waals surface area contributed by atoms with Crippen molar-refractivity contribution < 1.29 is 9.69 Å². The average Bonchev–Trinajstić information content (AvgIpc) is 1.69. The van der Waals surface area contributed by atoms with Crippen LogP contribution in [0, 0.1) is 0 Å². The quantitative estimate of drug-likeness (QED) is 0.321. The van der Waals surface area contributed by atoms with Crippen molar-refractivity contribution in [2.24, 2.45) is 0 Å². The molecule has 0 amide bonds. The van der Waals surface area contributed by atoms with Crippen molar-refractivity contribution >= 4 is 31.6 Å². The first kappa shape index (κ1) is 6.11. The Morgan fingerprint density at radius 2 is 2.43 bits per heavy atom. The second-order valence-electron chi connectivity index (χ2n) is 1.87. The van der Waals surface area contributed by atoms with Gasteiger partial charge in [0, 0.05) is 0 Å². The minimum absolute atomic E-state index is 0.453. The molecule has 2 nitrogen and oxygen atoms in total. The second-order valence-corrected chi connectivity index (χ2v) is 3.16. The molecule has 0 aliphatic carbocycles. The molecule has 0 aromatic heterocycles. The van der Waals surface area contributed by atoms with Crippen LogP contribution >= 0.6 is 0 Å². The van der Waals surface area contributed by atoms with E-state index in [-0.39, 0.29) is 0 Å². The summed E-state index contributed by atoms with van der Waals surface area (Å²) in [6.07, 6.45) is 2.38. The van der Waals surface area contributed by atoms with Crippen molar-refractivity contribution in [2.45, 2.75) is 12.7 Å². The van der Waals surface area contributed by atoms with Crippen LogP contribution in [0.15, 0.2) is 0 Å². The van der Waals surface area contributed by atoms with Crippen molar-refractivity contribution in [3.63, 3.8) is 0 Å². The third-order valence-corrected chi connectivity index (χ3v) is 1.84. The van der Waals surface area contributed by atoms with Gasteiger partial charge >= 0.3 is 60.7 Å². The molecule has 1 rings (SSSR count). The summed E-state index contributed by atoms with van der Waals surface area (Å²) in [5, 5.41) is 0. The van der Waals surface area contributed by atoms with Gasteiger partial charge in [-0.25, -0.2) is 0 Å². The Kier molecular flexibility index (Phi) is 2.71. The molecular weight excluding hydrogens is 102 g/mol. The maximum atomic E-state index is 4.84. The summed E-state index contributed by atoms with van der Waals surface area (Å²) in [7, 11) is 0. The number of hydrogen-bond acceptors (Lipinski definition) is 2. The van der Waals surface area contributed by atoms with Crippen LogP contribution in [-0.4, -0.2) is 38.3 Å². The molecule has 0 N–H and O–H groups in total. The molecule has 0 aromatic carbocycles. The Labute approximate surface area is 60.7 Å². The van der Waals surface area contributed by atoms with Gasteiger partial charge in [-0.05, 0) is 0 Å². The molecule has 7 heavy (non-hydrogen) atoms. The first-order valence-electron chi connectivity index (χ1n) is 2.68. The zero-order chi connectivity index (χ0) is 5.11. The molecule has 0 saturated carbocycles. The van der Waals surface area contributed by atoms with E-state index in [1.807, 2.05) is 0 Å². The zero-order valence-corrected chi connectivity index (χ0v) is 6.52. The first-order chi connectivity index (χ1) is 3.39. The fourth-order valence-corrected chi connectivity index (χ4v) is 1.19.